The van der Waals surface area contributed by atoms with Gasteiger partial charge in [-0.25, -0.2) is 0 Å². The summed E-state index contributed by atoms with van der Waals surface area (Å²) in [5, 5.41) is 8.48. The number of halogens is 1. The van der Waals surface area contributed by atoms with E-state index in [1.54, 1.807) is 30.3 Å². The van der Waals surface area contributed by atoms with E-state index in [2.05, 4.69) is 16.0 Å². The monoisotopic (exact) mass is 401 g/mol. The van der Waals surface area contributed by atoms with Crippen LogP contribution in [0.15, 0.2) is 36.4 Å². The lowest BCUT2D eigenvalue weighted by atomic mass is 10.1. The fraction of sp³-hybridized carbons (Fsp3) is 0.250. The standard InChI is InChI=1S/C20H20ClN3O4/c1-20(2,3)24-19(27)12-6-4-11(5-7-12)18(26)23-14-9-16-15(8-13(14)21)22-17(25)10-28-16/h4-9H,10H2,1-3H3,(H,22,25)(H,23,26)(H,24,27). The van der Waals surface area contributed by atoms with Crippen molar-refractivity contribution >= 4 is 40.7 Å². The molecular formula is C20H20ClN3O4. The summed E-state index contributed by atoms with van der Waals surface area (Å²) < 4.78 is 5.33. The van der Waals surface area contributed by atoms with Gasteiger partial charge in [0.15, 0.2) is 6.61 Å². The number of anilines is 2. The van der Waals surface area contributed by atoms with Gasteiger partial charge in [-0.2, -0.15) is 0 Å². The average molecular weight is 402 g/mol. The number of hydrogen-bond acceptors (Lipinski definition) is 4. The van der Waals surface area contributed by atoms with E-state index in [-0.39, 0.29) is 34.9 Å². The predicted octanol–water partition coefficient (Wildman–Crippen LogP) is 3.45. The molecule has 146 valence electrons. The number of nitrogens with one attached hydrogen (secondary N) is 3. The van der Waals surface area contributed by atoms with Gasteiger partial charge in [0, 0.05) is 22.7 Å². The van der Waals surface area contributed by atoms with E-state index in [4.69, 9.17) is 16.3 Å². The van der Waals surface area contributed by atoms with Gasteiger partial charge in [-0.05, 0) is 51.1 Å². The summed E-state index contributed by atoms with van der Waals surface area (Å²) in [6.07, 6.45) is 0. The SMILES string of the molecule is CC(C)(C)NC(=O)c1ccc(C(=O)Nc2cc3c(cc2Cl)NC(=O)CO3)cc1. The highest BCUT2D eigenvalue weighted by atomic mass is 35.5. The third-order valence-corrected chi connectivity index (χ3v) is 4.16. The molecule has 1 aliphatic rings. The van der Waals surface area contributed by atoms with Crippen molar-refractivity contribution in [1.82, 2.24) is 5.32 Å². The normalized spacial score (nSPS) is 13.1. The molecule has 7 nitrogen and oxygen atoms in total. The second-order valence-electron chi connectivity index (χ2n) is 7.40. The highest BCUT2D eigenvalue weighted by Crippen LogP contribution is 2.36. The average Bonchev–Trinajstić information content (AvgIpc) is 2.61. The molecule has 0 aliphatic carbocycles. The zero-order chi connectivity index (χ0) is 20.5. The van der Waals surface area contributed by atoms with Crippen molar-refractivity contribution in [2.24, 2.45) is 0 Å². The van der Waals surface area contributed by atoms with Crippen LogP contribution in [0.2, 0.25) is 5.02 Å². The third-order valence-electron chi connectivity index (χ3n) is 3.85. The Morgan fingerprint density at radius 3 is 2.29 bits per heavy atom. The third kappa shape index (κ3) is 4.61. The molecule has 0 atom stereocenters. The molecule has 1 aliphatic heterocycles. The molecule has 0 fully saturated rings. The van der Waals surface area contributed by atoms with Gasteiger partial charge in [-0.3, -0.25) is 14.4 Å². The van der Waals surface area contributed by atoms with Crippen LogP contribution in [0.5, 0.6) is 5.75 Å². The minimum absolute atomic E-state index is 0.0971. The lowest BCUT2D eigenvalue weighted by molar-refractivity contribution is -0.118. The number of carbonyl (C=O) groups is 3. The Morgan fingerprint density at radius 2 is 1.68 bits per heavy atom. The number of rotatable bonds is 3. The molecule has 3 N–H and O–H groups in total. The van der Waals surface area contributed by atoms with Gasteiger partial charge < -0.3 is 20.7 Å². The summed E-state index contributed by atoms with van der Waals surface area (Å²) in [6.45, 7) is 5.58. The van der Waals surface area contributed by atoms with Crippen LogP contribution in [0.3, 0.4) is 0 Å². The quantitative estimate of drug-likeness (QED) is 0.733. The van der Waals surface area contributed by atoms with Crippen molar-refractivity contribution in [1.29, 1.82) is 0 Å². The fourth-order valence-corrected chi connectivity index (χ4v) is 2.79. The van der Waals surface area contributed by atoms with Gasteiger partial charge in [0.25, 0.3) is 17.7 Å². The van der Waals surface area contributed by atoms with Crippen molar-refractivity contribution in [2.45, 2.75) is 26.3 Å². The topological polar surface area (TPSA) is 96.5 Å². The van der Waals surface area contributed by atoms with Crippen LogP contribution in [-0.4, -0.2) is 29.9 Å². The zero-order valence-corrected chi connectivity index (χ0v) is 16.4. The van der Waals surface area contributed by atoms with Gasteiger partial charge in [-0.15, -0.1) is 0 Å². The Kier molecular flexibility index (Phi) is 5.29. The second kappa shape index (κ2) is 7.52. The molecule has 28 heavy (non-hydrogen) atoms. The predicted molar refractivity (Wildman–Crippen MR) is 107 cm³/mol. The molecule has 3 rings (SSSR count). The van der Waals surface area contributed by atoms with Gasteiger partial charge in [0.1, 0.15) is 5.75 Å². The Morgan fingerprint density at radius 1 is 1.07 bits per heavy atom. The summed E-state index contributed by atoms with van der Waals surface area (Å²) in [5.74, 6) is -0.440. The van der Waals surface area contributed by atoms with Gasteiger partial charge in [-0.1, -0.05) is 11.6 Å². The highest BCUT2D eigenvalue weighted by Gasteiger charge is 2.20. The molecular weight excluding hydrogens is 382 g/mol. The van der Waals surface area contributed by atoms with Crippen LogP contribution < -0.4 is 20.7 Å². The Balaban J connectivity index is 1.73. The van der Waals surface area contributed by atoms with Gasteiger partial charge >= 0.3 is 0 Å². The summed E-state index contributed by atoms with van der Waals surface area (Å²) in [4.78, 5) is 36.0. The first-order valence-corrected chi connectivity index (χ1v) is 9.00. The molecule has 1 heterocycles. The molecule has 0 bridgehead atoms. The first kappa shape index (κ1) is 19.7. The van der Waals surface area contributed by atoms with Gasteiger partial charge in [0.05, 0.1) is 16.4 Å². The van der Waals surface area contributed by atoms with Crippen LogP contribution in [-0.2, 0) is 4.79 Å². The van der Waals surface area contributed by atoms with Crippen LogP contribution in [0, 0.1) is 0 Å². The largest absolute Gasteiger partial charge is 0.482 e. The van der Waals surface area contributed by atoms with Crippen molar-refractivity contribution < 1.29 is 19.1 Å². The molecule has 3 amide bonds. The first-order chi connectivity index (χ1) is 13.1. The lowest BCUT2D eigenvalue weighted by Crippen LogP contribution is -2.40. The maximum Gasteiger partial charge on any atom is 0.262 e. The molecule has 2 aromatic rings. The van der Waals surface area contributed by atoms with Crippen molar-refractivity contribution in [3.05, 3.63) is 52.5 Å². The minimum Gasteiger partial charge on any atom is -0.482 e. The van der Waals surface area contributed by atoms with E-state index < -0.39 is 0 Å². The molecule has 0 aromatic heterocycles. The molecule has 8 heteroatoms. The lowest BCUT2D eigenvalue weighted by Gasteiger charge is -2.20. The van der Waals surface area contributed by atoms with Crippen LogP contribution in [0.4, 0.5) is 11.4 Å². The first-order valence-electron chi connectivity index (χ1n) is 8.62. The number of carbonyl (C=O) groups excluding carboxylic acids is 3. The van der Waals surface area contributed by atoms with E-state index in [0.29, 0.717) is 28.3 Å². The van der Waals surface area contributed by atoms with E-state index in [0.717, 1.165) is 0 Å². The summed E-state index contributed by atoms with van der Waals surface area (Å²) >= 11 is 6.19. The van der Waals surface area contributed by atoms with E-state index in [9.17, 15) is 14.4 Å². The molecule has 0 saturated carbocycles. The molecule has 0 saturated heterocycles. The van der Waals surface area contributed by atoms with Crippen LogP contribution in [0.1, 0.15) is 41.5 Å². The maximum absolute atomic E-state index is 12.5. The second-order valence-corrected chi connectivity index (χ2v) is 7.81. The molecule has 2 aromatic carbocycles. The number of ether oxygens (including phenoxy) is 1. The van der Waals surface area contributed by atoms with E-state index >= 15 is 0 Å². The van der Waals surface area contributed by atoms with Crippen LogP contribution in [0.25, 0.3) is 0 Å². The Hall–Kier alpha value is -3.06. The van der Waals surface area contributed by atoms with Crippen LogP contribution >= 0.6 is 11.6 Å². The van der Waals surface area contributed by atoms with E-state index in [1.807, 2.05) is 20.8 Å². The number of benzene rings is 2. The number of fused-ring (bicyclic) bond motifs is 1. The highest BCUT2D eigenvalue weighted by molar-refractivity contribution is 6.34. The number of hydrogen-bond donors (Lipinski definition) is 3. The summed E-state index contributed by atoms with van der Waals surface area (Å²) in [5.41, 5.74) is 1.29. The molecule has 0 radical (unpaired) electrons. The Labute approximate surface area is 167 Å². The minimum atomic E-state index is -0.385. The van der Waals surface area contributed by atoms with Crippen molar-refractivity contribution in [3.63, 3.8) is 0 Å². The van der Waals surface area contributed by atoms with Crippen molar-refractivity contribution in [3.8, 4) is 5.75 Å². The summed E-state index contributed by atoms with van der Waals surface area (Å²) in [6, 6.07) is 9.38. The maximum atomic E-state index is 12.5. The number of amides is 3. The molecule has 0 spiro atoms. The zero-order valence-electron chi connectivity index (χ0n) is 15.7. The molecule has 0 unspecified atom stereocenters. The Bertz CT molecular complexity index is 949. The fourth-order valence-electron chi connectivity index (χ4n) is 2.58. The van der Waals surface area contributed by atoms with E-state index in [1.165, 1.54) is 6.07 Å². The van der Waals surface area contributed by atoms with Crippen molar-refractivity contribution in [2.75, 3.05) is 17.2 Å². The smallest absolute Gasteiger partial charge is 0.262 e. The van der Waals surface area contributed by atoms with Gasteiger partial charge in [0.2, 0.25) is 0 Å². The summed E-state index contributed by atoms with van der Waals surface area (Å²) in [7, 11) is 0.